The van der Waals surface area contributed by atoms with E-state index in [9.17, 15) is 14.0 Å². The van der Waals surface area contributed by atoms with Gasteiger partial charge in [0, 0.05) is 12.5 Å². The number of nitrogens with zero attached hydrogens (tertiary/aromatic N) is 1. The quantitative estimate of drug-likeness (QED) is 0.513. The summed E-state index contributed by atoms with van der Waals surface area (Å²) in [6.07, 6.45) is 0.332. The van der Waals surface area contributed by atoms with Crippen molar-refractivity contribution in [3.8, 4) is 0 Å². The monoisotopic (exact) mass is 327 g/mol. The first-order valence-corrected chi connectivity index (χ1v) is 7.34. The molecule has 0 aliphatic rings. The van der Waals surface area contributed by atoms with Crippen LogP contribution in [0, 0.1) is 12.7 Å². The van der Waals surface area contributed by atoms with Gasteiger partial charge >= 0.3 is 0 Å². The standard InChI is InChI=1S/C18H14FNO4/c1-11-8-16(20-24-11)18(22)17(21)10-15-7-6-14(23-15)9-12-2-4-13(19)5-3-12/h2-8H,9-10H2,1H3. The number of carbonyl (C=O) groups is 2. The molecule has 1 aromatic carbocycles. The van der Waals surface area contributed by atoms with Crippen molar-refractivity contribution in [2.75, 3.05) is 0 Å². The summed E-state index contributed by atoms with van der Waals surface area (Å²) in [7, 11) is 0. The van der Waals surface area contributed by atoms with Crippen molar-refractivity contribution >= 4 is 11.6 Å². The third kappa shape index (κ3) is 3.65. The van der Waals surface area contributed by atoms with Crippen LogP contribution in [0.4, 0.5) is 4.39 Å². The van der Waals surface area contributed by atoms with Crippen molar-refractivity contribution in [1.29, 1.82) is 0 Å². The lowest BCUT2D eigenvalue weighted by Gasteiger charge is -1.99. The molecule has 0 saturated heterocycles. The van der Waals surface area contributed by atoms with Crippen LogP contribution in [0.1, 0.15) is 33.3 Å². The molecule has 6 heteroatoms. The lowest BCUT2D eigenvalue weighted by molar-refractivity contribution is -0.114. The van der Waals surface area contributed by atoms with Gasteiger partial charge in [0.15, 0.2) is 5.69 Å². The molecule has 3 rings (SSSR count). The third-order valence-electron chi connectivity index (χ3n) is 3.46. The number of ketones is 2. The first kappa shape index (κ1) is 15.9. The van der Waals surface area contributed by atoms with E-state index in [2.05, 4.69) is 5.16 Å². The smallest absolute Gasteiger partial charge is 0.250 e. The average molecular weight is 327 g/mol. The highest BCUT2D eigenvalue weighted by Gasteiger charge is 2.21. The second-order valence-electron chi connectivity index (χ2n) is 5.42. The summed E-state index contributed by atoms with van der Waals surface area (Å²) < 4.78 is 23.2. The second kappa shape index (κ2) is 6.62. The van der Waals surface area contributed by atoms with Crippen LogP contribution in [0.5, 0.6) is 0 Å². The molecule has 0 atom stereocenters. The molecule has 0 radical (unpaired) electrons. The Morgan fingerprint density at radius 2 is 1.79 bits per heavy atom. The van der Waals surface area contributed by atoms with Crippen LogP contribution in [0.2, 0.25) is 0 Å². The van der Waals surface area contributed by atoms with Gasteiger partial charge in [-0.15, -0.1) is 0 Å². The Morgan fingerprint density at radius 1 is 1.08 bits per heavy atom. The van der Waals surface area contributed by atoms with Crippen molar-refractivity contribution in [1.82, 2.24) is 5.16 Å². The molecule has 5 nitrogen and oxygen atoms in total. The molecule has 3 aromatic rings. The Kier molecular flexibility index (Phi) is 4.37. The summed E-state index contributed by atoms with van der Waals surface area (Å²) in [5.41, 5.74) is 0.883. The van der Waals surface area contributed by atoms with Crippen LogP contribution >= 0.6 is 0 Å². The summed E-state index contributed by atoms with van der Waals surface area (Å²) in [4.78, 5) is 23.9. The van der Waals surface area contributed by atoms with Crippen molar-refractivity contribution in [2.24, 2.45) is 0 Å². The topological polar surface area (TPSA) is 73.3 Å². The minimum Gasteiger partial charge on any atom is -0.465 e. The van der Waals surface area contributed by atoms with E-state index >= 15 is 0 Å². The van der Waals surface area contributed by atoms with Crippen LogP contribution in [0.3, 0.4) is 0 Å². The Hall–Kier alpha value is -3.02. The summed E-state index contributed by atoms with van der Waals surface area (Å²) in [5.74, 6) is -0.133. The normalized spacial score (nSPS) is 10.8. The molecule has 0 amide bonds. The van der Waals surface area contributed by atoms with E-state index in [4.69, 9.17) is 8.94 Å². The summed E-state index contributed by atoms with van der Waals surface area (Å²) in [6.45, 7) is 1.64. The van der Waals surface area contributed by atoms with E-state index in [0.29, 0.717) is 23.7 Å². The van der Waals surface area contributed by atoms with E-state index in [1.54, 1.807) is 31.2 Å². The molecule has 0 unspecified atom stereocenters. The van der Waals surface area contributed by atoms with Crippen LogP contribution in [0.15, 0.2) is 51.4 Å². The van der Waals surface area contributed by atoms with E-state index in [0.717, 1.165) is 5.56 Å². The average Bonchev–Trinajstić information content (AvgIpc) is 3.18. The number of carbonyl (C=O) groups excluding carboxylic acids is 2. The van der Waals surface area contributed by atoms with E-state index in [1.807, 2.05) is 0 Å². The van der Waals surface area contributed by atoms with Gasteiger partial charge in [-0.3, -0.25) is 9.59 Å². The number of aromatic nitrogens is 1. The fourth-order valence-corrected chi connectivity index (χ4v) is 2.27. The van der Waals surface area contributed by atoms with Gasteiger partial charge in [0.05, 0.1) is 6.42 Å². The molecule has 2 heterocycles. The summed E-state index contributed by atoms with van der Waals surface area (Å²) in [5, 5.41) is 3.54. The lowest BCUT2D eigenvalue weighted by Crippen LogP contribution is -2.16. The number of hydrogen-bond donors (Lipinski definition) is 0. The maximum atomic E-state index is 12.9. The van der Waals surface area contributed by atoms with Crippen LogP contribution in [0.25, 0.3) is 0 Å². The molecule has 2 aromatic heterocycles. The minimum atomic E-state index is -0.705. The highest BCUT2D eigenvalue weighted by molar-refractivity contribution is 6.43. The number of furan rings is 1. The SMILES string of the molecule is Cc1cc(C(=O)C(=O)Cc2ccc(Cc3ccc(F)cc3)o2)no1. The van der Waals surface area contributed by atoms with Gasteiger partial charge in [0.2, 0.25) is 5.78 Å². The predicted molar refractivity (Wildman–Crippen MR) is 82.2 cm³/mol. The van der Waals surface area contributed by atoms with Crippen molar-refractivity contribution in [2.45, 2.75) is 19.8 Å². The molecule has 24 heavy (non-hydrogen) atoms. The fraction of sp³-hybridized carbons (Fsp3) is 0.167. The highest BCUT2D eigenvalue weighted by Crippen LogP contribution is 2.15. The van der Waals surface area contributed by atoms with Crippen molar-refractivity contribution in [3.05, 3.63) is 76.8 Å². The van der Waals surface area contributed by atoms with Gasteiger partial charge in [-0.2, -0.15) is 0 Å². The number of Topliss-reactive ketones (excluding diaryl/α,β-unsaturated/α-hetero) is 2. The van der Waals surface area contributed by atoms with Crippen LogP contribution < -0.4 is 0 Å². The van der Waals surface area contributed by atoms with Gasteiger partial charge in [-0.25, -0.2) is 4.39 Å². The van der Waals surface area contributed by atoms with E-state index in [1.165, 1.54) is 18.2 Å². The lowest BCUT2D eigenvalue weighted by atomic mass is 10.1. The molecule has 0 aliphatic carbocycles. The predicted octanol–water partition coefficient (Wildman–Crippen LogP) is 3.30. The number of rotatable bonds is 6. The largest absolute Gasteiger partial charge is 0.465 e. The van der Waals surface area contributed by atoms with E-state index in [-0.39, 0.29) is 17.9 Å². The highest BCUT2D eigenvalue weighted by atomic mass is 19.1. The molecule has 0 aliphatic heterocycles. The van der Waals surface area contributed by atoms with Crippen LogP contribution in [-0.4, -0.2) is 16.7 Å². The summed E-state index contributed by atoms with van der Waals surface area (Å²) in [6, 6.07) is 10.9. The molecule has 0 fully saturated rings. The Bertz CT molecular complexity index is 877. The van der Waals surface area contributed by atoms with Gasteiger partial charge in [0.25, 0.3) is 5.78 Å². The van der Waals surface area contributed by atoms with Gasteiger partial charge in [-0.1, -0.05) is 17.3 Å². The number of benzene rings is 1. The first-order chi connectivity index (χ1) is 11.5. The summed E-state index contributed by atoms with van der Waals surface area (Å²) >= 11 is 0. The van der Waals surface area contributed by atoms with E-state index < -0.39 is 11.6 Å². The van der Waals surface area contributed by atoms with Crippen LogP contribution in [-0.2, 0) is 17.6 Å². The zero-order chi connectivity index (χ0) is 17.1. The maximum absolute atomic E-state index is 12.9. The maximum Gasteiger partial charge on any atom is 0.250 e. The molecule has 0 spiro atoms. The van der Waals surface area contributed by atoms with Gasteiger partial charge < -0.3 is 8.94 Å². The third-order valence-corrected chi connectivity index (χ3v) is 3.46. The zero-order valence-electron chi connectivity index (χ0n) is 12.9. The molecule has 0 saturated carbocycles. The molecule has 122 valence electrons. The fourth-order valence-electron chi connectivity index (χ4n) is 2.27. The molecular formula is C18H14FNO4. The zero-order valence-corrected chi connectivity index (χ0v) is 12.9. The van der Waals surface area contributed by atoms with Crippen molar-refractivity contribution in [3.63, 3.8) is 0 Å². The Balaban J connectivity index is 1.64. The minimum absolute atomic E-state index is 0.00408. The first-order valence-electron chi connectivity index (χ1n) is 7.34. The molecule has 0 bridgehead atoms. The van der Waals surface area contributed by atoms with Gasteiger partial charge in [0.1, 0.15) is 23.1 Å². The van der Waals surface area contributed by atoms with Gasteiger partial charge in [-0.05, 0) is 36.8 Å². The number of hydrogen-bond acceptors (Lipinski definition) is 5. The second-order valence-corrected chi connectivity index (χ2v) is 5.42. The Morgan fingerprint density at radius 3 is 2.46 bits per heavy atom. The molecular weight excluding hydrogens is 313 g/mol. The molecule has 0 N–H and O–H groups in total. The number of halogens is 1. The van der Waals surface area contributed by atoms with Crippen molar-refractivity contribution < 1.29 is 22.9 Å². The number of aryl methyl sites for hydroxylation is 1. The Labute approximate surface area is 137 Å².